The molecule has 2 amide bonds. The van der Waals surface area contributed by atoms with Crippen LogP contribution in [0.2, 0.25) is 0 Å². The van der Waals surface area contributed by atoms with Crippen molar-refractivity contribution in [3.8, 4) is 0 Å². The number of nitrogens with zero attached hydrogens (tertiary/aromatic N) is 1. The molecule has 13 heteroatoms. The third-order valence-corrected chi connectivity index (χ3v) is 5.11. The predicted molar refractivity (Wildman–Crippen MR) is 94.0 cm³/mol. The van der Waals surface area contributed by atoms with Gasteiger partial charge < -0.3 is 0 Å². The van der Waals surface area contributed by atoms with Crippen LogP contribution in [0.3, 0.4) is 0 Å². The van der Waals surface area contributed by atoms with Crippen LogP contribution in [-0.2, 0) is 0 Å². The summed E-state index contributed by atoms with van der Waals surface area (Å²) in [5, 5.41) is 0. The highest BCUT2D eigenvalue weighted by Crippen LogP contribution is 2.54. The van der Waals surface area contributed by atoms with E-state index in [1.165, 1.54) is 24.3 Å². The van der Waals surface area contributed by atoms with E-state index in [9.17, 15) is 49.1 Å². The van der Waals surface area contributed by atoms with Gasteiger partial charge in [-0.25, -0.2) is 4.39 Å². The second kappa shape index (κ2) is 8.04. The molecule has 1 aliphatic rings. The van der Waals surface area contributed by atoms with E-state index in [0.29, 0.717) is 0 Å². The zero-order chi connectivity index (χ0) is 23.1. The van der Waals surface area contributed by atoms with Gasteiger partial charge in [-0.3, -0.25) is 14.5 Å². The smallest absolute Gasteiger partial charge is 0.274 e. The van der Waals surface area contributed by atoms with Gasteiger partial charge in [0, 0.05) is 6.54 Å². The van der Waals surface area contributed by atoms with Crippen molar-refractivity contribution in [2.45, 2.75) is 36.8 Å². The molecule has 0 radical (unpaired) electrons. The zero-order valence-electron chi connectivity index (χ0n) is 14.6. The monoisotopic (exact) mass is 559 g/mol. The van der Waals surface area contributed by atoms with E-state index >= 15 is 0 Å². The summed E-state index contributed by atoms with van der Waals surface area (Å²) in [7, 11) is 0. The highest BCUT2D eigenvalue weighted by atomic mass is 127. The summed E-state index contributed by atoms with van der Waals surface area (Å²) in [6.07, 6.45) is -15.0. The normalized spacial score (nSPS) is 17.9. The van der Waals surface area contributed by atoms with Crippen molar-refractivity contribution < 1.29 is 49.1 Å². The number of carbonyl (C=O) groups is 2. The number of hydrogen-bond acceptors (Lipinski definition) is 2. The number of amides is 2. The van der Waals surface area contributed by atoms with Crippen molar-refractivity contribution in [1.29, 1.82) is 0 Å². The lowest BCUT2D eigenvalue weighted by Gasteiger charge is -2.34. The van der Waals surface area contributed by atoms with Crippen molar-refractivity contribution >= 4 is 34.4 Å². The van der Waals surface area contributed by atoms with Crippen LogP contribution in [0, 0.1) is 0 Å². The van der Waals surface area contributed by atoms with Gasteiger partial charge in [0.05, 0.1) is 11.1 Å². The van der Waals surface area contributed by atoms with Gasteiger partial charge in [0.1, 0.15) is 0 Å². The van der Waals surface area contributed by atoms with Gasteiger partial charge in [0.15, 0.2) is 0 Å². The number of alkyl halides is 9. The second-order valence-electron chi connectivity index (χ2n) is 6.28. The van der Waals surface area contributed by atoms with Crippen LogP contribution in [0.1, 0.15) is 33.6 Å². The minimum Gasteiger partial charge on any atom is -0.274 e. The van der Waals surface area contributed by atoms with E-state index in [-0.39, 0.29) is 24.1 Å². The van der Waals surface area contributed by atoms with E-state index in [0.717, 1.165) is 27.5 Å². The maximum absolute atomic E-state index is 14.1. The number of rotatable bonds is 6. The fraction of sp³-hybridized carbons (Fsp3) is 0.412. The van der Waals surface area contributed by atoms with Crippen molar-refractivity contribution in [2.75, 3.05) is 6.54 Å². The van der Waals surface area contributed by atoms with E-state index in [2.05, 4.69) is 0 Å². The third-order valence-electron chi connectivity index (χ3n) is 4.26. The van der Waals surface area contributed by atoms with Crippen molar-refractivity contribution in [2.24, 2.45) is 0 Å². The lowest BCUT2D eigenvalue weighted by Crippen LogP contribution is -2.61. The van der Waals surface area contributed by atoms with Crippen LogP contribution in [0.15, 0.2) is 33.9 Å². The van der Waals surface area contributed by atoms with Gasteiger partial charge >= 0.3 is 18.3 Å². The number of halogens is 10. The second-order valence-corrected chi connectivity index (χ2v) is 7.67. The molecule has 0 N–H and O–H groups in total. The maximum Gasteiger partial charge on any atom is 0.457 e. The molecule has 0 aromatic heterocycles. The highest BCUT2D eigenvalue weighted by molar-refractivity contribution is 14.1. The lowest BCUT2D eigenvalue weighted by atomic mass is 9.95. The Hall–Kier alpha value is -1.80. The molecule has 1 aliphatic heterocycles. The van der Waals surface area contributed by atoms with Crippen LogP contribution in [-0.4, -0.2) is 47.2 Å². The maximum atomic E-state index is 14.1. The Morgan fingerprint density at radius 2 is 1.33 bits per heavy atom. The molecule has 0 bridgehead atoms. The summed E-state index contributed by atoms with van der Waals surface area (Å²) >= 11 is 1.00. The van der Waals surface area contributed by atoms with Crippen molar-refractivity contribution in [3.05, 3.63) is 45.0 Å². The zero-order valence-corrected chi connectivity index (χ0v) is 16.7. The molecule has 0 saturated heterocycles. The van der Waals surface area contributed by atoms with E-state index < -0.39 is 51.8 Å². The molecule has 30 heavy (non-hydrogen) atoms. The summed E-state index contributed by atoms with van der Waals surface area (Å²) < 4.78 is 115. The summed E-state index contributed by atoms with van der Waals surface area (Å²) in [5.74, 6) is -8.10. The van der Waals surface area contributed by atoms with Gasteiger partial charge in [0.2, 0.25) is 0 Å². The number of hydrogen-bond donors (Lipinski definition) is 0. The summed E-state index contributed by atoms with van der Waals surface area (Å²) in [6, 6.07) is 5.74. The number of allylic oxidation sites excluding steroid dienone is 2. The largest absolute Gasteiger partial charge is 0.457 e. The number of fused-ring (bicyclic) bond motifs is 1. The molecular formula is C17H11F9INO2. The first-order chi connectivity index (χ1) is 13.5. The molecule has 0 aliphatic carbocycles. The standard InChI is InChI=1S/C17H11F9INO2/c18-14(16(21,22)23,15(19,20)17(24,25)26)8-9(27)4-3-7-28-12(29)10-5-1-2-6-11(10)13(28)30/h1-2,5-6,8H,3-4,7H2. The first kappa shape index (κ1) is 24.5. The quantitative estimate of drug-likeness (QED) is 0.249. The minimum absolute atomic E-state index is 0.0948. The third kappa shape index (κ3) is 4.17. The van der Waals surface area contributed by atoms with Crippen LogP contribution in [0.5, 0.6) is 0 Å². The molecule has 2 rings (SSSR count). The number of imide groups is 1. The van der Waals surface area contributed by atoms with E-state index in [1.807, 2.05) is 0 Å². The molecule has 1 aromatic rings. The number of carbonyl (C=O) groups excluding carboxylic acids is 2. The first-order valence-electron chi connectivity index (χ1n) is 8.07. The minimum atomic E-state index is -6.79. The predicted octanol–water partition coefficient (Wildman–Crippen LogP) is 5.85. The highest BCUT2D eigenvalue weighted by Gasteiger charge is 2.80. The molecular weight excluding hydrogens is 548 g/mol. The van der Waals surface area contributed by atoms with Gasteiger partial charge in [-0.2, -0.15) is 35.1 Å². The fourth-order valence-electron chi connectivity index (χ4n) is 2.69. The average molecular weight is 559 g/mol. The van der Waals surface area contributed by atoms with Crippen LogP contribution in [0.25, 0.3) is 0 Å². The lowest BCUT2D eigenvalue weighted by molar-refractivity contribution is -0.369. The van der Waals surface area contributed by atoms with Crippen LogP contribution >= 0.6 is 22.6 Å². The Kier molecular flexibility index (Phi) is 6.56. The first-order valence-corrected chi connectivity index (χ1v) is 9.15. The fourth-order valence-corrected chi connectivity index (χ4v) is 3.50. The van der Waals surface area contributed by atoms with E-state index in [4.69, 9.17) is 0 Å². The molecule has 1 aromatic carbocycles. The Labute approximate surface area is 177 Å². The van der Waals surface area contributed by atoms with Gasteiger partial charge in [0.25, 0.3) is 17.5 Å². The molecule has 1 heterocycles. The Balaban J connectivity index is 2.16. The van der Waals surface area contributed by atoms with Gasteiger partial charge in [-0.05, 0) is 57.2 Å². The molecule has 3 nitrogen and oxygen atoms in total. The van der Waals surface area contributed by atoms with E-state index in [1.54, 1.807) is 0 Å². The molecule has 0 spiro atoms. The topological polar surface area (TPSA) is 37.4 Å². The van der Waals surface area contributed by atoms with Gasteiger partial charge in [-0.1, -0.05) is 12.1 Å². The number of benzene rings is 1. The Morgan fingerprint density at radius 1 is 0.867 bits per heavy atom. The molecule has 1 unspecified atom stereocenters. The Bertz CT molecular complexity index is 844. The average Bonchev–Trinajstić information content (AvgIpc) is 2.85. The van der Waals surface area contributed by atoms with Crippen LogP contribution in [0.4, 0.5) is 39.5 Å². The SMILES string of the molecule is O=C1c2ccccc2C(=O)N1CCCC(I)=CC(F)(C(F)(F)F)C(F)(F)C(F)(F)F. The molecule has 1 atom stereocenters. The summed E-state index contributed by atoms with van der Waals surface area (Å²) in [5.41, 5.74) is -5.79. The van der Waals surface area contributed by atoms with Crippen molar-refractivity contribution in [1.82, 2.24) is 4.90 Å². The molecule has 0 fully saturated rings. The summed E-state index contributed by atoms with van der Waals surface area (Å²) in [4.78, 5) is 25.0. The van der Waals surface area contributed by atoms with Crippen LogP contribution < -0.4 is 0 Å². The Morgan fingerprint density at radius 3 is 1.73 bits per heavy atom. The van der Waals surface area contributed by atoms with Gasteiger partial charge in [-0.15, -0.1) is 0 Å². The molecule has 0 saturated carbocycles. The summed E-state index contributed by atoms with van der Waals surface area (Å²) in [6.45, 7) is -0.354. The molecule has 166 valence electrons. The van der Waals surface area contributed by atoms with Crippen molar-refractivity contribution in [3.63, 3.8) is 0 Å².